The van der Waals surface area contributed by atoms with E-state index >= 15 is 0 Å². The van der Waals surface area contributed by atoms with E-state index in [-0.39, 0.29) is 6.10 Å². The molecule has 19 heavy (non-hydrogen) atoms. The van der Waals surface area contributed by atoms with Crippen molar-refractivity contribution < 1.29 is 4.74 Å². The Kier molecular flexibility index (Phi) is 4.11. The van der Waals surface area contributed by atoms with Crippen molar-refractivity contribution in [2.24, 2.45) is 5.92 Å². The summed E-state index contributed by atoms with van der Waals surface area (Å²) in [6.07, 6.45) is 3.64. The molecule has 1 heterocycles. The molecule has 0 aromatic heterocycles. The Morgan fingerprint density at radius 3 is 2.84 bits per heavy atom. The number of halogens is 1. The maximum absolute atomic E-state index is 6.04. The molecule has 1 atom stereocenters. The van der Waals surface area contributed by atoms with Gasteiger partial charge in [0, 0.05) is 18.5 Å². The fourth-order valence-electron chi connectivity index (χ4n) is 3.23. The highest BCUT2D eigenvalue weighted by molar-refractivity contribution is 6.21. The molecule has 2 aliphatic rings. The molecule has 104 valence electrons. The van der Waals surface area contributed by atoms with E-state index in [1.54, 1.807) is 0 Å². The fraction of sp³-hybridized carbons (Fsp3) is 0.625. The van der Waals surface area contributed by atoms with Crippen molar-refractivity contribution in [1.82, 2.24) is 4.90 Å². The second-order valence-corrected chi connectivity index (χ2v) is 6.58. The quantitative estimate of drug-likeness (QED) is 0.785. The molecule has 1 aliphatic heterocycles. The lowest BCUT2D eigenvalue weighted by molar-refractivity contribution is 0.0161. The molecule has 3 rings (SSSR count). The zero-order valence-electron chi connectivity index (χ0n) is 11.5. The van der Waals surface area contributed by atoms with Gasteiger partial charge in [-0.25, -0.2) is 0 Å². The van der Waals surface area contributed by atoms with Crippen LogP contribution in [0.5, 0.6) is 0 Å². The van der Waals surface area contributed by atoms with Crippen molar-refractivity contribution in [1.29, 1.82) is 0 Å². The highest BCUT2D eigenvalue weighted by atomic mass is 35.5. The lowest BCUT2D eigenvalue weighted by Crippen LogP contribution is -2.37. The molecule has 0 amide bonds. The number of nitrogens with zero attached hydrogens (tertiary/aromatic N) is 1. The van der Waals surface area contributed by atoms with Gasteiger partial charge in [-0.1, -0.05) is 24.3 Å². The summed E-state index contributed by atoms with van der Waals surface area (Å²) in [4.78, 5) is 2.40. The molecule has 1 aromatic rings. The molecule has 1 aromatic carbocycles. The zero-order chi connectivity index (χ0) is 13.2. The maximum Gasteiger partial charge on any atom is 0.0954 e. The minimum atomic E-state index is 0.238. The molecule has 0 radical (unpaired) electrons. The molecule has 0 N–H and O–H groups in total. The molecule has 1 fully saturated rings. The summed E-state index contributed by atoms with van der Waals surface area (Å²) in [6, 6.07) is 8.68. The van der Waals surface area contributed by atoms with Crippen LogP contribution in [-0.2, 0) is 11.2 Å². The first-order chi connectivity index (χ1) is 9.22. The first kappa shape index (κ1) is 13.4. The van der Waals surface area contributed by atoms with Gasteiger partial charge in [0.2, 0.25) is 0 Å². The smallest absolute Gasteiger partial charge is 0.0954 e. The number of rotatable bonds is 4. The molecule has 2 nitrogen and oxygen atoms in total. The van der Waals surface area contributed by atoms with Crippen LogP contribution in [0.4, 0.5) is 0 Å². The second kappa shape index (κ2) is 5.82. The van der Waals surface area contributed by atoms with E-state index in [0.717, 1.165) is 32.0 Å². The Morgan fingerprint density at radius 1 is 1.26 bits per heavy atom. The van der Waals surface area contributed by atoms with E-state index in [9.17, 15) is 0 Å². The van der Waals surface area contributed by atoms with Gasteiger partial charge in [0.1, 0.15) is 0 Å². The summed E-state index contributed by atoms with van der Waals surface area (Å²) in [5.41, 5.74) is 2.83. The van der Waals surface area contributed by atoms with Gasteiger partial charge in [-0.2, -0.15) is 0 Å². The van der Waals surface area contributed by atoms with Crippen LogP contribution in [0.2, 0.25) is 0 Å². The largest absolute Gasteiger partial charge is 0.372 e. The van der Waals surface area contributed by atoms with E-state index in [4.69, 9.17) is 16.3 Å². The average Bonchev–Trinajstić information content (AvgIpc) is 2.37. The van der Waals surface area contributed by atoms with E-state index in [0.29, 0.717) is 5.38 Å². The Hall–Kier alpha value is -0.570. The van der Waals surface area contributed by atoms with Crippen molar-refractivity contribution in [3.05, 3.63) is 35.4 Å². The van der Waals surface area contributed by atoms with Gasteiger partial charge in [-0.15, -0.1) is 11.6 Å². The Balaban J connectivity index is 1.58. The van der Waals surface area contributed by atoms with Crippen molar-refractivity contribution in [2.75, 3.05) is 26.7 Å². The van der Waals surface area contributed by atoms with Crippen molar-refractivity contribution in [2.45, 2.75) is 30.7 Å². The van der Waals surface area contributed by atoms with E-state index in [2.05, 4.69) is 36.2 Å². The molecule has 0 saturated heterocycles. The minimum Gasteiger partial charge on any atom is -0.372 e. The molecule has 1 aliphatic carbocycles. The SMILES string of the molecule is CN(CC1CC(Cl)C1)CC1OCCc2ccccc21. The van der Waals surface area contributed by atoms with Crippen LogP contribution in [0.3, 0.4) is 0 Å². The Morgan fingerprint density at radius 2 is 2.05 bits per heavy atom. The Labute approximate surface area is 120 Å². The number of alkyl halides is 1. The van der Waals surface area contributed by atoms with Gasteiger partial charge in [-0.05, 0) is 43.4 Å². The van der Waals surface area contributed by atoms with Crippen LogP contribution in [-0.4, -0.2) is 37.0 Å². The fourth-order valence-corrected chi connectivity index (χ4v) is 3.73. The van der Waals surface area contributed by atoms with E-state index in [1.807, 2.05) is 0 Å². The second-order valence-electron chi connectivity index (χ2n) is 5.96. The van der Waals surface area contributed by atoms with E-state index in [1.165, 1.54) is 24.0 Å². The lowest BCUT2D eigenvalue weighted by atomic mass is 9.84. The summed E-state index contributed by atoms with van der Waals surface area (Å²) >= 11 is 6.04. The van der Waals surface area contributed by atoms with Crippen LogP contribution in [0.25, 0.3) is 0 Å². The van der Waals surface area contributed by atoms with Gasteiger partial charge < -0.3 is 9.64 Å². The molecular weight excluding hydrogens is 258 g/mol. The third-order valence-corrected chi connectivity index (χ3v) is 4.67. The topological polar surface area (TPSA) is 12.5 Å². The highest BCUT2D eigenvalue weighted by Gasteiger charge is 2.29. The summed E-state index contributed by atoms with van der Waals surface area (Å²) in [5, 5.41) is 0.421. The summed E-state index contributed by atoms with van der Waals surface area (Å²) in [5.74, 6) is 0.784. The molecular formula is C16H22ClNO. The maximum atomic E-state index is 6.04. The van der Waals surface area contributed by atoms with Crippen LogP contribution in [0, 0.1) is 5.92 Å². The van der Waals surface area contributed by atoms with Crippen molar-refractivity contribution in [3.63, 3.8) is 0 Å². The first-order valence-electron chi connectivity index (χ1n) is 7.24. The van der Waals surface area contributed by atoms with Gasteiger partial charge in [0.05, 0.1) is 12.7 Å². The molecule has 1 saturated carbocycles. The summed E-state index contributed by atoms with van der Waals surface area (Å²) in [7, 11) is 2.20. The molecule has 1 unspecified atom stereocenters. The molecule has 3 heteroatoms. The summed E-state index contributed by atoms with van der Waals surface area (Å²) < 4.78 is 5.96. The van der Waals surface area contributed by atoms with Gasteiger partial charge in [-0.3, -0.25) is 0 Å². The average molecular weight is 280 g/mol. The van der Waals surface area contributed by atoms with Gasteiger partial charge in [0.15, 0.2) is 0 Å². The first-order valence-corrected chi connectivity index (χ1v) is 7.68. The monoisotopic (exact) mass is 279 g/mol. The number of ether oxygens (including phenoxy) is 1. The number of benzene rings is 1. The highest BCUT2D eigenvalue weighted by Crippen LogP contribution is 2.33. The number of hydrogen-bond donors (Lipinski definition) is 0. The predicted molar refractivity (Wildman–Crippen MR) is 78.7 cm³/mol. The standard InChI is InChI=1S/C16H22ClNO/c1-18(10-12-8-14(17)9-12)11-16-15-5-3-2-4-13(15)6-7-19-16/h2-5,12,14,16H,6-11H2,1H3. The van der Waals surface area contributed by atoms with Crippen molar-refractivity contribution in [3.8, 4) is 0 Å². The van der Waals surface area contributed by atoms with Crippen LogP contribution < -0.4 is 0 Å². The number of hydrogen-bond acceptors (Lipinski definition) is 2. The van der Waals surface area contributed by atoms with Gasteiger partial charge >= 0.3 is 0 Å². The number of fused-ring (bicyclic) bond motifs is 1. The van der Waals surface area contributed by atoms with Crippen LogP contribution >= 0.6 is 11.6 Å². The normalized spacial score (nSPS) is 29.9. The predicted octanol–water partition coefficient (Wildman–Crippen LogP) is 3.25. The van der Waals surface area contributed by atoms with Crippen molar-refractivity contribution >= 4 is 11.6 Å². The summed E-state index contributed by atoms with van der Waals surface area (Å²) in [6.45, 7) is 2.98. The van der Waals surface area contributed by atoms with E-state index < -0.39 is 0 Å². The third-order valence-electron chi connectivity index (χ3n) is 4.32. The lowest BCUT2D eigenvalue weighted by Gasteiger charge is -2.36. The van der Waals surface area contributed by atoms with Crippen LogP contribution in [0.15, 0.2) is 24.3 Å². The number of likely N-dealkylation sites (N-methyl/N-ethyl adjacent to an activating group) is 1. The molecule has 0 spiro atoms. The molecule has 0 bridgehead atoms. The van der Waals surface area contributed by atoms with Gasteiger partial charge in [0.25, 0.3) is 0 Å². The Bertz CT molecular complexity index is 431. The minimum absolute atomic E-state index is 0.238. The zero-order valence-corrected chi connectivity index (χ0v) is 12.3. The third kappa shape index (κ3) is 3.13. The van der Waals surface area contributed by atoms with Crippen LogP contribution in [0.1, 0.15) is 30.1 Å².